The molecule has 2 nitrogen and oxygen atoms in total. The van der Waals surface area contributed by atoms with Gasteiger partial charge in [0.2, 0.25) is 6.41 Å². The fourth-order valence-corrected chi connectivity index (χ4v) is 1.24. The molecule has 0 saturated carbocycles. The molecule has 0 bridgehead atoms. The van der Waals surface area contributed by atoms with E-state index >= 15 is 0 Å². The van der Waals surface area contributed by atoms with Gasteiger partial charge in [-0.15, -0.1) is 0 Å². The monoisotopic (exact) mass is 197 g/mol. The van der Waals surface area contributed by atoms with Gasteiger partial charge < -0.3 is 4.90 Å². The highest BCUT2D eigenvalue weighted by Gasteiger charge is 2.02. The number of rotatable bonds is 4. The average molecular weight is 198 g/mol. The number of anilines is 1. The molecule has 1 aromatic carbocycles. The Morgan fingerprint density at radius 3 is 2.46 bits per heavy atom. The molecule has 0 N–H and O–H groups in total. The number of nitrogens with zero attached hydrogens (tertiary/aromatic N) is 1. The number of hydrogen-bond donors (Lipinski definition) is 0. The highest BCUT2D eigenvalue weighted by atomic mass is 35.5. The number of amides is 1. The summed E-state index contributed by atoms with van der Waals surface area (Å²) in [7, 11) is 0. The summed E-state index contributed by atoms with van der Waals surface area (Å²) in [5.74, 6) is 0. The maximum absolute atomic E-state index is 10.7. The van der Waals surface area contributed by atoms with E-state index in [0.29, 0.717) is 5.02 Å². The molecule has 1 rings (SSSR count). The van der Waals surface area contributed by atoms with Gasteiger partial charge in [0.25, 0.3) is 0 Å². The molecule has 0 aliphatic rings. The van der Waals surface area contributed by atoms with Crippen LogP contribution in [0.3, 0.4) is 0 Å². The Bertz CT molecular complexity index is 271. The van der Waals surface area contributed by atoms with Crippen molar-refractivity contribution in [2.24, 2.45) is 0 Å². The lowest BCUT2D eigenvalue weighted by molar-refractivity contribution is -0.107. The highest BCUT2D eigenvalue weighted by molar-refractivity contribution is 6.30. The van der Waals surface area contributed by atoms with Crippen molar-refractivity contribution in [2.75, 3.05) is 11.4 Å². The standard InChI is InChI=1S/C10H12ClNO/c1-2-7-12(8-13)10-5-3-9(11)4-6-10/h3-6,8H,2,7H2,1H3. The molecule has 0 atom stereocenters. The smallest absolute Gasteiger partial charge is 0.214 e. The Hall–Kier alpha value is -1.02. The van der Waals surface area contributed by atoms with Crippen molar-refractivity contribution in [3.63, 3.8) is 0 Å². The van der Waals surface area contributed by atoms with E-state index in [1.165, 1.54) is 0 Å². The molecular weight excluding hydrogens is 186 g/mol. The lowest BCUT2D eigenvalue weighted by Gasteiger charge is -2.15. The van der Waals surface area contributed by atoms with Crippen LogP contribution in [0.15, 0.2) is 24.3 Å². The minimum absolute atomic E-state index is 0.686. The first-order valence-corrected chi connectivity index (χ1v) is 4.63. The molecule has 70 valence electrons. The Kier molecular flexibility index (Phi) is 3.77. The van der Waals surface area contributed by atoms with Gasteiger partial charge in [0.05, 0.1) is 0 Å². The fourth-order valence-electron chi connectivity index (χ4n) is 1.12. The van der Waals surface area contributed by atoms with Crippen molar-refractivity contribution < 1.29 is 4.79 Å². The maximum atomic E-state index is 10.7. The SMILES string of the molecule is CCCN(C=O)c1ccc(Cl)cc1. The van der Waals surface area contributed by atoms with Crippen LogP contribution in [0.5, 0.6) is 0 Å². The van der Waals surface area contributed by atoms with Gasteiger partial charge in [-0.05, 0) is 30.7 Å². The number of carbonyl (C=O) groups is 1. The third kappa shape index (κ3) is 2.74. The van der Waals surface area contributed by atoms with Gasteiger partial charge in [0, 0.05) is 17.3 Å². The molecule has 1 aromatic rings. The molecule has 0 aromatic heterocycles. The minimum Gasteiger partial charge on any atom is -0.315 e. The summed E-state index contributed by atoms with van der Waals surface area (Å²) in [6, 6.07) is 7.24. The summed E-state index contributed by atoms with van der Waals surface area (Å²) in [5.41, 5.74) is 0.890. The van der Waals surface area contributed by atoms with Crippen LogP contribution in [-0.2, 0) is 4.79 Å². The largest absolute Gasteiger partial charge is 0.315 e. The summed E-state index contributed by atoms with van der Waals surface area (Å²) in [6.07, 6.45) is 1.79. The highest BCUT2D eigenvalue weighted by Crippen LogP contribution is 2.16. The molecule has 0 fully saturated rings. The molecule has 0 aliphatic carbocycles. The van der Waals surface area contributed by atoms with E-state index in [0.717, 1.165) is 25.1 Å². The average Bonchev–Trinajstić information content (AvgIpc) is 2.16. The van der Waals surface area contributed by atoms with E-state index in [1.807, 2.05) is 19.1 Å². The second-order valence-corrected chi connectivity index (χ2v) is 3.21. The minimum atomic E-state index is 0.686. The Labute approximate surface area is 83.1 Å². The molecule has 0 saturated heterocycles. The van der Waals surface area contributed by atoms with Crippen molar-refractivity contribution >= 4 is 23.7 Å². The van der Waals surface area contributed by atoms with Crippen molar-refractivity contribution in [3.8, 4) is 0 Å². The number of hydrogen-bond acceptors (Lipinski definition) is 1. The Balaban J connectivity index is 2.79. The normalized spacial score (nSPS) is 9.69. The van der Waals surface area contributed by atoms with Crippen molar-refractivity contribution in [1.29, 1.82) is 0 Å². The van der Waals surface area contributed by atoms with Gasteiger partial charge in [-0.1, -0.05) is 18.5 Å². The van der Waals surface area contributed by atoms with Gasteiger partial charge in [0.1, 0.15) is 0 Å². The molecule has 0 spiro atoms. The molecule has 13 heavy (non-hydrogen) atoms. The molecule has 1 amide bonds. The van der Waals surface area contributed by atoms with Crippen LogP contribution in [0.1, 0.15) is 13.3 Å². The van der Waals surface area contributed by atoms with Crippen molar-refractivity contribution in [3.05, 3.63) is 29.3 Å². The number of halogens is 1. The van der Waals surface area contributed by atoms with Crippen LogP contribution in [0, 0.1) is 0 Å². The molecule has 0 aliphatic heterocycles. The predicted molar refractivity (Wildman–Crippen MR) is 55.2 cm³/mol. The lowest BCUT2D eigenvalue weighted by Crippen LogP contribution is -2.21. The third-order valence-corrected chi connectivity index (χ3v) is 2.00. The van der Waals surface area contributed by atoms with Crippen LogP contribution in [-0.4, -0.2) is 13.0 Å². The van der Waals surface area contributed by atoms with E-state index in [9.17, 15) is 4.79 Å². The van der Waals surface area contributed by atoms with Gasteiger partial charge in [-0.25, -0.2) is 0 Å². The third-order valence-electron chi connectivity index (χ3n) is 1.75. The summed E-state index contributed by atoms with van der Waals surface area (Å²) < 4.78 is 0. The first kappa shape index (κ1) is 10.1. The molecule has 0 radical (unpaired) electrons. The van der Waals surface area contributed by atoms with Gasteiger partial charge in [-0.3, -0.25) is 4.79 Å². The Morgan fingerprint density at radius 1 is 1.38 bits per heavy atom. The van der Waals surface area contributed by atoms with Crippen LogP contribution in [0.25, 0.3) is 0 Å². The molecule has 3 heteroatoms. The van der Waals surface area contributed by atoms with Gasteiger partial charge in [0.15, 0.2) is 0 Å². The first-order chi connectivity index (χ1) is 6.27. The molecule has 0 heterocycles. The Morgan fingerprint density at radius 2 is 2.00 bits per heavy atom. The van der Waals surface area contributed by atoms with E-state index in [1.54, 1.807) is 17.0 Å². The van der Waals surface area contributed by atoms with E-state index < -0.39 is 0 Å². The zero-order valence-electron chi connectivity index (χ0n) is 7.53. The summed E-state index contributed by atoms with van der Waals surface area (Å²) in [5, 5.41) is 0.686. The van der Waals surface area contributed by atoms with Gasteiger partial charge in [-0.2, -0.15) is 0 Å². The van der Waals surface area contributed by atoms with Crippen LogP contribution in [0.2, 0.25) is 5.02 Å². The topological polar surface area (TPSA) is 20.3 Å². The lowest BCUT2D eigenvalue weighted by atomic mass is 10.3. The first-order valence-electron chi connectivity index (χ1n) is 4.25. The maximum Gasteiger partial charge on any atom is 0.214 e. The number of benzene rings is 1. The summed E-state index contributed by atoms with van der Waals surface area (Å²) in [4.78, 5) is 12.3. The van der Waals surface area contributed by atoms with E-state index in [-0.39, 0.29) is 0 Å². The zero-order valence-corrected chi connectivity index (χ0v) is 8.29. The summed E-state index contributed by atoms with van der Waals surface area (Å²) >= 11 is 5.73. The molecule has 0 unspecified atom stereocenters. The quantitative estimate of drug-likeness (QED) is 0.680. The van der Waals surface area contributed by atoms with Crippen LogP contribution in [0.4, 0.5) is 5.69 Å². The summed E-state index contributed by atoms with van der Waals surface area (Å²) in [6.45, 7) is 2.78. The second kappa shape index (κ2) is 4.87. The van der Waals surface area contributed by atoms with Gasteiger partial charge >= 0.3 is 0 Å². The second-order valence-electron chi connectivity index (χ2n) is 2.78. The van der Waals surface area contributed by atoms with E-state index in [2.05, 4.69) is 0 Å². The molecular formula is C10H12ClNO. The fraction of sp³-hybridized carbons (Fsp3) is 0.300. The zero-order chi connectivity index (χ0) is 9.68. The van der Waals surface area contributed by atoms with E-state index in [4.69, 9.17) is 11.6 Å². The number of carbonyl (C=O) groups excluding carboxylic acids is 1. The van der Waals surface area contributed by atoms with Crippen LogP contribution < -0.4 is 4.90 Å². The van der Waals surface area contributed by atoms with Crippen LogP contribution >= 0.6 is 11.6 Å². The predicted octanol–water partition coefficient (Wildman–Crippen LogP) is 2.71. The van der Waals surface area contributed by atoms with Crippen molar-refractivity contribution in [2.45, 2.75) is 13.3 Å². The van der Waals surface area contributed by atoms with Crippen molar-refractivity contribution in [1.82, 2.24) is 0 Å².